The minimum absolute atomic E-state index is 0.0277. The monoisotopic (exact) mass is 276 g/mol. The molecule has 1 fully saturated rings. The van der Waals surface area contributed by atoms with E-state index < -0.39 is 0 Å². The predicted octanol–water partition coefficient (Wildman–Crippen LogP) is 3.20. The van der Waals surface area contributed by atoms with Crippen LogP contribution in [0.4, 0.5) is 0 Å². The molecule has 1 saturated heterocycles. The molecule has 1 aromatic rings. The molecule has 0 spiro atoms. The van der Waals surface area contributed by atoms with Crippen molar-refractivity contribution in [1.82, 2.24) is 10.3 Å². The van der Waals surface area contributed by atoms with Crippen LogP contribution in [-0.2, 0) is 11.2 Å². The van der Waals surface area contributed by atoms with Gasteiger partial charge in [0, 0.05) is 24.4 Å². The molecular weight excluding hydrogens is 248 g/mol. The van der Waals surface area contributed by atoms with Crippen LogP contribution in [0.5, 0.6) is 0 Å². The summed E-state index contributed by atoms with van der Waals surface area (Å²) in [6, 6.07) is 4.66. The lowest BCUT2D eigenvalue weighted by Gasteiger charge is -2.33. The van der Waals surface area contributed by atoms with E-state index in [9.17, 15) is 0 Å². The highest BCUT2D eigenvalue weighted by Gasteiger charge is 2.48. The number of likely N-dealkylation sites (N-methyl/N-ethyl adjacent to an activating group) is 1. The fraction of sp³-hybridized carbons (Fsp3) is 0.706. The number of ether oxygens (including phenoxy) is 1. The molecule has 1 aliphatic rings. The van der Waals surface area contributed by atoms with Gasteiger partial charge in [-0.2, -0.15) is 0 Å². The molecule has 1 N–H and O–H groups in total. The number of nitrogens with one attached hydrogen (secondary N) is 1. The fourth-order valence-electron chi connectivity index (χ4n) is 3.62. The quantitative estimate of drug-likeness (QED) is 0.897. The molecule has 1 aromatic heterocycles. The van der Waals surface area contributed by atoms with Crippen LogP contribution in [0.3, 0.4) is 0 Å². The molecule has 0 amide bonds. The number of pyridine rings is 1. The molecule has 0 saturated carbocycles. The lowest BCUT2D eigenvalue weighted by molar-refractivity contribution is -0.0776. The van der Waals surface area contributed by atoms with Crippen LogP contribution in [0.1, 0.15) is 46.6 Å². The Morgan fingerprint density at radius 2 is 1.95 bits per heavy atom. The lowest BCUT2D eigenvalue weighted by atomic mass is 9.79. The van der Waals surface area contributed by atoms with Crippen LogP contribution in [0, 0.1) is 5.92 Å². The summed E-state index contributed by atoms with van der Waals surface area (Å²) >= 11 is 0. The maximum atomic E-state index is 6.26. The zero-order valence-corrected chi connectivity index (χ0v) is 13.4. The van der Waals surface area contributed by atoms with E-state index >= 15 is 0 Å². The van der Waals surface area contributed by atoms with Crippen LogP contribution < -0.4 is 5.32 Å². The molecule has 3 nitrogen and oxygen atoms in total. The first-order valence-corrected chi connectivity index (χ1v) is 7.66. The average molecular weight is 276 g/mol. The SMILES string of the molecule is CCNC(Cc1ccncc1)C1CC(C)(C)OC1(C)C. The van der Waals surface area contributed by atoms with Gasteiger partial charge < -0.3 is 10.1 Å². The zero-order valence-electron chi connectivity index (χ0n) is 13.4. The van der Waals surface area contributed by atoms with Crippen molar-refractivity contribution in [1.29, 1.82) is 0 Å². The Morgan fingerprint density at radius 1 is 1.30 bits per heavy atom. The molecule has 0 radical (unpaired) electrons. The molecule has 20 heavy (non-hydrogen) atoms. The molecule has 0 aromatic carbocycles. The highest BCUT2D eigenvalue weighted by Crippen LogP contribution is 2.44. The van der Waals surface area contributed by atoms with E-state index in [-0.39, 0.29) is 11.2 Å². The van der Waals surface area contributed by atoms with E-state index in [1.54, 1.807) is 0 Å². The van der Waals surface area contributed by atoms with Crippen molar-refractivity contribution >= 4 is 0 Å². The largest absolute Gasteiger partial charge is 0.369 e. The summed E-state index contributed by atoms with van der Waals surface area (Å²) in [6.07, 6.45) is 5.88. The first-order valence-electron chi connectivity index (χ1n) is 7.66. The van der Waals surface area contributed by atoms with Gasteiger partial charge in [0.25, 0.3) is 0 Å². The summed E-state index contributed by atoms with van der Waals surface area (Å²) in [5, 5.41) is 3.67. The highest BCUT2D eigenvalue weighted by molar-refractivity contribution is 5.13. The van der Waals surface area contributed by atoms with Crippen molar-refractivity contribution < 1.29 is 4.74 Å². The van der Waals surface area contributed by atoms with Gasteiger partial charge in [-0.15, -0.1) is 0 Å². The van der Waals surface area contributed by atoms with Crippen LogP contribution in [0.2, 0.25) is 0 Å². The van der Waals surface area contributed by atoms with Crippen LogP contribution in [-0.4, -0.2) is 28.8 Å². The van der Waals surface area contributed by atoms with Crippen molar-refractivity contribution in [3.8, 4) is 0 Å². The second-order valence-electron chi connectivity index (χ2n) is 7.00. The second-order valence-corrected chi connectivity index (χ2v) is 7.00. The summed E-state index contributed by atoms with van der Waals surface area (Å²) < 4.78 is 6.26. The lowest BCUT2D eigenvalue weighted by Crippen LogP contribution is -2.45. The molecule has 2 heterocycles. The summed E-state index contributed by atoms with van der Waals surface area (Å²) in [6.45, 7) is 12.0. The molecule has 0 bridgehead atoms. The summed E-state index contributed by atoms with van der Waals surface area (Å²) in [5.41, 5.74) is 1.23. The normalized spacial score (nSPS) is 25.6. The first kappa shape index (κ1) is 15.5. The van der Waals surface area contributed by atoms with E-state index in [2.05, 4.69) is 57.1 Å². The Hall–Kier alpha value is -0.930. The van der Waals surface area contributed by atoms with Gasteiger partial charge in [-0.1, -0.05) is 6.92 Å². The fourth-order valence-corrected chi connectivity index (χ4v) is 3.62. The molecule has 112 valence electrons. The van der Waals surface area contributed by atoms with Gasteiger partial charge in [0.05, 0.1) is 11.2 Å². The Bertz CT molecular complexity index is 428. The van der Waals surface area contributed by atoms with Crippen molar-refractivity contribution in [2.45, 2.75) is 64.7 Å². The van der Waals surface area contributed by atoms with E-state index in [1.807, 2.05) is 12.4 Å². The summed E-state index contributed by atoms with van der Waals surface area (Å²) in [4.78, 5) is 4.10. The minimum atomic E-state index is -0.0800. The minimum Gasteiger partial charge on any atom is -0.369 e. The molecule has 2 unspecified atom stereocenters. The zero-order chi connectivity index (χ0) is 14.8. The highest BCUT2D eigenvalue weighted by atomic mass is 16.5. The van der Waals surface area contributed by atoms with Gasteiger partial charge in [-0.25, -0.2) is 0 Å². The van der Waals surface area contributed by atoms with Crippen LogP contribution in [0.25, 0.3) is 0 Å². The molecular formula is C17H28N2O. The first-order chi connectivity index (χ1) is 9.34. The van der Waals surface area contributed by atoms with E-state index in [0.29, 0.717) is 12.0 Å². The molecule has 2 rings (SSSR count). The topological polar surface area (TPSA) is 34.2 Å². The second kappa shape index (κ2) is 5.82. The van der Waals surface area contributed by atoms with Crippen LogP contribution in [0.15, 0.2) is 24.5 Å². The standard InChI is InChI=1S/C17H28N2O/c1-6-19-15(11-13-7-9-18-10-8-13)14-12-16(2,3)20-17(14,4)5/h7-10,14-15,19H,6,11-12H2,1-5H3. The van der Waals surface area contributed by atoms with Crippen LogP contribution >= 0.6 is 0 Å². The Balaban J connectivity index is 2.16. The number of aromatic nitrogens is 1. The Labute approximate surface area is 123 Å². The third kappa shape index (κ3) is 3.58. The summed E-state index contributed by atoms with van der Waals surface area (Å²) in [7, 11) is 0. The van der Waals surface area contributed by atoms with E-state index in [0.717, 1.165) is 19.4 Å². The maximum absolute atomic E-state index is 6.26. The van der Waals surface area contributed by atoms with Gasteiger partial charge in [0.1, 0.15) is 0 Å². The van der Waals surface area contributed by atoms with Crippen molar-refractivity contribution in [3.63, 3.8) is 0 Å². The van der Waals surface area contributed by atoms with Gasteiger partial charge in [-0.05, 0) is 64.8 Å². The summed E-state index contributed by atoms with van der Waals surface area (Å²) in [5.74, 6) is 0.519. The van der Waals surface area contributed by atoms with Crippen molar-refractivity contribution in [2.75, 3.05) is 6.54 Å². The Morgan fingerprint density at radius 3 is 2.45 bits per heavy atom. The molecule has 1 aliphatic heterocycles. The average Bonchev–Trinajstić information content (AvgIpc) is 2.58. The third-order valence-electron chi connectivity index (χ3n) is 4.30. The molecule has 2 atom stereocenters. The number of hydrogen-bond acceptors (Lipinski definition) is 3. The third-order valence-corrected chi connectivity index (χ3v) is 4.30. The van der Waals surface area contributed by atoms with Crippen molar-refractivity contribution in [2.24, 2.45) is 5.92 Å². The van der Waals surface area contributed by atoms with Gasteiger partial charge >= 0.3 is 0 Å². The Kier molecular flexibility index (Phi) is 4.50. The van der Waals surface area contributed by atoms with Gasteiger partial charge in [0.15, 0.2) is 0 Å². The van der Waals surface area contributed by atoms with Gasteiger partial charge in [-0.3, -0.25) is 4.98 Å². The smallest absolute Gasteiger partial charge is 0.0677 e. The number of nitrogens with zero attached hydrogens (tertiary/aromatic N) is 1. The maximum Gasteiger partial charge on any atom is 0.0677 e. The predicted molar refractivity (Wildman–Crippen MR) is 82.8 cm³/mol. The van der Waals surface area contributed by atoms with Crippen molar-refractivity contribution in [3.05, 3.63) is 30.1 Å². The van der Waals surface area contributed by atoms with E-state index in [4.69, 9.17) is 4.74 Å². The van der Waals surface area contributed by atoms with E-state index in [1.165, 1.54) is 5.56 Å². The van der Waals surface area contributed by atoms with Gasteiger partial charge in [0.2, 0.25) is 0 Å². The number of hydrogen-bond donors (Lipinski definition) is 1. The molecule has 0 aliphatic carbocycles. The number of rotatable bonds is 5. The molecule has 3 heteroatoms.